The van der Waals surface area contributed by atoms with Gasteiger partial charge in [0.2, 0.25) is 0 Å². The van der Waals surface area contributed by atoms with E-state index in [0.29, 0.717) is 5.69 Å². The normalized spacial score (nSPS) is 17.8. The predicted molar refractivity (Wildman–Crippen MR) is 107 cm³/mol. The molecule has 6 nitrogen and oxygen atoms in total. The van der Waals surface area contributed by atoms with E-state index in [-0.39, 0.29) is 5.54 Å². The van der Waals surface area contributed by atoms with Crippen molar-refractivity contribution in [3.05, 3.63) is 41.7 Å². The average molecular weight is 370 g/mol. The molecule has 1 aromatic carbocycles. The smallest absolute Gasteiger partial charge is 0.327 e. The molecule has 0 amide bonds. The van der Waals surface area contributed by atoms with Gasteiger partial charge in [0.05, 0.1) is 5.69 Å². The van der Waals surface area contributed by atoms with E-state index < -0.39 is 12.0 Å². The highest BCUT2D eigenvalue weighted by Crippen LogP contribution is 2.29. The van der Waals surface area contributed by atoms with Gasteiger partial charge in [0.1, 0.15) is 5.82 Å². The Morgan fingerprint density at radius 2 is 1.70 bits per heavy atom. The molecule has 1 unspecified atom stereocenters. The number of rotatable bonds is 4. The predicted octanol–water partition coefficient (Wildman–Crippen LogP) is 2.94. The van der Waals surface area contributed by atoms with Gasteiger partial charge < -0.3 is 9.67 Å². The summed E-state index contributed by atoms with van der Waals surface area (Å²) in [4.78, 5) is 21.4. The van der Waals surface area contributed by atoms with E-state index in [1.807, 2.05) is 48.9 Å². The van der Waals surface area contributed by atoms with Crippen molar-refractivity contribution >= 4 is 5.97 Å². The Labute approximate surface area is 161 Å². The van der Waals surface area contributed by atoms with Gasteiger partial charge in [0.25, 0.3) is 0 Å². The van der Waals surface area contributed by atoms with E-state index in [4.69, 9.17) is 4.98 Å². The van der Waals surface area contributed by atoms with Crippen molar-refractivity contribution in [3.63, 3.8) is 0 Å². The molecule has 1 aliphatic heterocycles. The van der Waals surface area contributed by atoms with Gasteiger partial charge >= 0.3 is 5.97 Å². The fourth-order valence-corrected chi connectivity index (χ4v) is 3.80. The largest absolute Gasteiger partial charge is 0.480 e. The monoisotopic (exact) mass is 370 g/mol. The third-order valence-electron chi connectivity index (χ3n) is 5.57. The quantitative estimate of drug-likeness (QED) is 0.897. The lowest BCUT2D eigenvalue weighted by Crippen LogP contribution is -2.54. The summed E-state index contributed by atoms with van der Waals surface area (Å²) in [6.45, 7) is 11.7. The number of imidazole rings is 1. The van der Waals surface area contributed by atoms with Crippen molar-refractivity contribution in [1.29, 1.82) is 0 Å². The zero-order valence-electron chi connectivity index (χ0n) is 16.9. The lowest BCUT2D eigenvalue weighted by atomic mass is 10.0. The number of benzene rings is 1. The van der Waals surface area contributed by atoms with Crippen molar-refractivity contribution in [2.75, 3.05) is 26.2 Å². The van der Waals surface area contributed by atoms with Crippen molar-refractivity contribution in [3.8, 4) is 11.4 Å². The van der Waals surface area contributed by atoms with E-state index in [1.165, 1.54) is 0 Å². The van der Waals surface area contributed by atoms with E-state index in [1.54, 1.807) is 0 Å². The summed E-state index contributed by atoms with van der Waals surface area (Å²) < 4.78 is 1.99. The van der Waals surface area contributed by atoms with Crippen LogP contribution in [0.25, 0.3) is 11.4 Å². The minimum absolute atomic E-state index is 0.103. The molecule has 1 aromatic heterocycles. The second-order valence-corrected chi connectivity index (χ2v) is 8.27. The molecule has 0 aliphatic carbocycles. The third-order valence-corrected chi connectivity index (χ3v) is 5.57. The maximum absolute atomic E-state index is 12.2. The molecular weight excluding hydrogens is 340 g/mol. The second kappa shape index (κ2) is 7.44. The average Bonchev–Trinajstić information content (AvgIpc) is 2.91. The minimum Gasteiger partial charge on any atom is -0.480 e. The van der Waals surface area contributed by atoms with Crippen molar-refractivity contribution in [1.82, 2.24) is 19.4 Å². The van der Waals surface area contributed by atoms with Gasteiger partial charge in [-0.2, -0.15) is 0 Å². The number of carboxylic acid groups (broad SMARTS) is 1. The van der Waals surface area contributed by atoms with Crippen LogP contribution in [0.1, 0.15) is 38.2 Å². The summed E-state index contributed by atoms with van der Waals surface area (Å²) >= 11 is 0. The maximum Gasteiger partial charge on any atom is 0.327 e. The summed E-state index contributed by atoms with van der Waals surface area (Å²) in [6.07, 6.45) is 0. The molecule has 1 aliphatic rings. The van der Waals surface area contributed by atoms with E-state index in [2.05, 4.69) is 30.6 Å². The van der Waals surface area contributed by atoms with Crippen LogP contribution in [0.2, 0.25) is 0 Å². The number of hydrogen-bond acceptors (Lipinski definition) is 4. The van der Waals surface area contributed by atoms with Crippen LogP contribution in [0.3, 0.4) is 0 Å². The highest BCUT2D eigenvalue weighted by atomic mass is 16.4. The fourth-order valence-electron chi connectivity index (χ4n) is 3.80. The lowest BCUT2D eigenvalue weighted by Gasteiger charge is -2.43. The summed E-state index contributed by atoms with van der Waals surface area (Å²) in [6, 6.07) is 9.21. The Morgan fingerprint density at radius 3 is 2.22 bits per heavy atom. The van der Waals surface area contributed by atoms with Gasteiger partial charge in [-0.15, -0.1) is 0 Å². The highest BCUT2D eigenvalue weighted by molar-refractivity contribution is 5.76. The Hall–Kier alpha value is -2.18. The first-order valence-corrected chi connectivity index (χ1v) is 9.50. The van der Waals surface area contributed by atoms with Gasteiger partial charge in [-0.1, -0.05) is 30.3 Å². The van der Waals surface area contributed by atoms with E-state index in [0.717, 1.165) is 43.3 Å². The first-order chi connectivity index (χ1) is 12.7. The first kappa shape index (κ1) is 19.6. The van der Waals surface area contributed by atoms with Crippen LogP contribution in [0, 0.1) is 6.92 Å². The molecule has 2 aromatic rings. The van der Waals surface area contributed by atoms with Gasteiger partial charge in [-0.3, -0.25) is 14.6 Å². The molecule has 27 heavy (non-hydrogen) atoms. The first-order valence-electron chi connectivity index (χ1n) is 9.50. The Bertz CT molecular complexity index is 800. The lowest BCUT2D eigenvalue weighted by molar-refractivity contribution is -0.144. The maximum atomic E-state index is 12.2. The van der Waals surface area contributed by atoms with Crippen molar-refractivity contribution < 1.29 is 9.90 Å². The topological polar surface area (TPSA) is 61.6 Å². The fraction of sp³-hybridized carbons (Fsp3) is 0.524. The molecule has 1 atom stereocenters. The SMILES string of the molecule is Cc1c(C(C(=O)O)N2CCN(C(C)(C)C)CC2)nc(-c2ccccc2)n1C. The van der Waals surface area contributed by atoms with Crippen LogP contribution in [-0.2, 0) is 11.8 Å². The van der Waals surface area contributed by atoms with E-state index >= 15 is 0 Å². The van der Waals surface area contributed by atoms with Gasteiger partial charge in [-0.05, 0) is 27.7 Å². The summed E-state index contributed by atoms with van der Waals surface area (Å²) in [5, 5.41) is 10.00. The number of aromatic nitrogens is 2. The molecule has 146 valence electrons. The molecule has 6 heteroatoms. The van der Waals surface area contributed by atoms with Gasteiger partial charge in [0.15, 0.2) is 6.04 Å². The van der Waals surface area contributed by atoms with Gasteiger partial charge in [-0.25, -0.2) is 4.98 Å². The highest BCUT2D eigenvalue weighted by Gasteiger charge is 2.36. The van der Waals surface area contributed by atoms with Crippen LogP contribution in [-0.4, -0.2) is 62.1 Å². The van der Waals surface area contributed by atoms with Crippen LogP contribution in [0.5, 0.6) is 0 Å². The molecule has 0 bridgehead atoms. The van der Waals surface area contributed by atoms with Gasteiger partial charge in [0, 0.05) is 50.0 Å². The molecule has 0 spiro atoms. The number of aliphatic carboxylic acids is 1. The van der Waals surface area contributed by atoms with Crippen molar-refractivity contribution in [2.24, 2.45) is 7.05 Å². The Balaban J connectivity index is 1.90. The standard InChI is InChI=1S/C21H30N4O2/c1-15-17(22-19(23(15)5)16-9-7-6-8-10-16)18(20(26)27)24-11-13-25(14-12-24)21(2,3)4/h6-10,18H,11-14H2,1-5H3,(H,26,27). The zero-order chi connectivity index (χ0) is 19.8. The van der Waals surface area contributed by atoms with Crippen LogP contribution in [0.4, 0.5) is 0 Å². The zero-order valence-corrected chi connectivity index (χ0v) is 16.9. The molecule has 2 heterocycles. The van der Waals surface area contributed by atoms with Crippen molar-refractivity contribution in [2.45, 2.75) is 39.3 Å². The van der Waals surface area contributed by atoms with Crippen LogP contribution < -0.4 is 0 Å². The number of hydrogen-bond donors (Lipinski definition) is 1. The number of carboxylic acids is 1. The number of carbonyl (C=O) groups is 1. The molecule has 0 saturated carbocycles. The number of piperazine rings is 1. The molecule has 1 N–H and O–H groups in total. The molecular formula is C21H30N4O2. The Kier molecular flexibility index (Phi) is 5.40. The molecule has 3 rings (SSSR count). The molecule has 0 radical (unpaired) electrons. The molecule has 1 fully saturated rings. The second-order valence-electron chi connectivity index (χ2n) is 8.27. The Morgan fingerprint density at radius 1 is 1.11 bits per heavy atom. The van der Waals surface area contributed by atoms with Crippen LogP contribution in [0.15, 0.2) is 30.3 Å². The summed E-state index contributed by atoms with van der Waals surface area (Å²) in [5.74, 6) is -0.0253. The molecule has 1 saturated heterocycles. The minimum atomic E-state index is -0.833. The third kappa shape index (κ3) is 3.92. The van der Waals surface area contributed by atoms with Crippen LogP contribution >= 0.6 is 0 Å². The number of nitrogens with zero attached hydrogens (tertiary/aromatic N) is 4. The summed E-state index contributed by atoms with van der Waals surface area (Å²) in [7, 11) is 1.95. The van der Waals surface area contributed by atoms with E-state index in [9.17, 15) is 9.90 Å². The summed E-state index contributed by atoms with van der Waals surface area (Å²) in [5.41, 5.74) is 2.65.